The molecule has 0 amide bonds. The summed E-state index contributed by atoms with van der Waals surface area (Å²) in [5.74, 6) is 2.32. The molecule has 124 valence electrons. The van der Waals surface area contributed by atoms with Crippen LogP contribution in [0.5, 0.6) is 5.75 Å². The molecule has 0 radical (unpaired) electrons. The van der Waals surface area contributed by atoms with Crippen LogP contribution in [0.2, 0.25) is 0 Å². The number of hydrogen-bond donors (Lipinski definition) is 2. The van der Waals surface area contributed by atoms with Crippen molar-refractivity contribution in [2.24, 2.45) is 0 Å². The van der Waals surface area contributed by atoms with E-state index in [1.54, 1.807) is 7.11 Å². The van der Waals surface area contributed by atoms with Gasteiger partial charge in [-0.3, -0.25) is 0 Å². The van der Waals surface area contributed by atoms with E-state index >= 15 is 0 Å². The number of likely N-dealkylation sites (N-methyl/N-ethyl adjacent to an activating group) is 1. The third-order valence-corrected chi connectivity index (χ3v) is 3.35. The molecule has 0 aliphatic heterocycles. The van der Waals surface area contributed by atoms with Crippen LogP contribution in [-0.2, 0) is 6.54 Å². The molecule has 0 saturated heterocycles. The third-order valence-electron chi connectivity index (χ3n) is 3.35. The Morgan fingerprint density at radius 2 is 1.91 bits per heavy atom. The van der Waals surface area contributed by atoms with Crippen LogP contribution >= 0.6 is 0 Å². The molecule has 23 heavy (non-hydrogen) atoms. The first kappa shape index (κ1) is 17.0. The first-order chi connectivity index (χ1) is 11.1. The van der Waals surface area contributed by atoms with Crippen molar-refractivity contribution in [3.63, 3.8) is 0 Å². The van der Waals surface area contributed by atoms with E-state index in [2.05, 4.69) is 25.5 Å². The second-order valence-electron chi connectivity index (χ2n) is 5.61. The van der Waals surface area contributed by atoms with Gasteiger partial charge in [0.2, 0.25) is 5.95 Å². The Morgan fingerprint density at radius 3 is 2.65 bits per heavy atom. The van der Waals surface area contributed by atoms with Crippen molar-refractivity contribution < 1.29 is 4.74 Å². The quantitative estimate of drug-likeness (QED) is 0.780. The molecule has 2 N–H and O–H groups in total. The summed E-state index contributed by atoms with van der Waals surface area (Å²) in [4.78, 5) is 11.0. The Kier molecular flexibility index (Phi) is 6.17. The van der Waals surface area contributed by atoms with Crippen LogP contribution in [0, 0.1) is 6.92 Å². The third kappa shape index (κ3) is 5.41. The largest absolute Gasteiger partial charge is 0.496 e. The molecule has 0 aliphatic carbocycles. The van der Waals surface area contributed by atoms with E-state index < -0.39 is 0 Å². The van der Waals surface area contributed by atoms with Gasteiger partial charge in [-0.05, 0) is 27.1 Å². The van der Waals surface area contributed by atoms with Gasteiger partial charge in [0.1, 0.15) is 11.6 Å². The van der Waals surface area contributed by atoms with E-state index in [1.807, 2.05) is 51.4 Å². The SMILES string of the molecule is COc1ccccc1CNc1cc(C)nc(NCCN(C)C)n1. The van der Waals surface area contributed by atoms with Gasteiger partial charge in [0.05, 0.1) is 7.11 Å². The highest BCUT2D eigenvalue weighted by atomic mass is 16.5. The molecule has 0 spiro atoms. The molecule has 1 heterocycles. The number of anilines is 2. The summed E-state index contributed by atoms with van der Waals surface area (Å²) in [6, 6.07) is 9.89. The highest BCUT2D eigenvalue weighted by Gasteiger charge is 2.05. The lowest BCUT2D eigenvalue weighted by Crippen LogP contribution is -2.21. The van der Waals surface area contributed by atoms with Crippen molar-refractivity contribution in [3.05, 3.63) is 41.6 Å². The molecular weight excluding hydrogens is 290 g/mol. The Bertz CT molecular complexity index is 630. The lowest BCUT2D eigenvalue weighted by Gasteiger charge is -2.13. The van der Waals surface area contributed by atoms with Crippen LogP contribution < -0.4 is 15.4 Å². The first-order valence-corrected chi connectivity index (χ1v) is 7.68. The number of ether oxygens (including phenoxy) is 1. The fourth-order valence-electron chi connectivity index (χ4n) is 2.16. The van der Waals surface area contributed by atoms with Crippen molar-refractivity contribution in [1.82, 2.24) is 14.9 Å². The fraction of sp³-hybridized carbons (Fsp3) is 0.412. The number of nitrogens with one attached hydrogen (secondary N) is 2. The summed E-state index contributed by atoms with van der Waals surface area (Å²) in [7, 11) is 5.76. The molecule has 6 nitrogen and oxygen atoms in total. The molecule has 0 aliphatic rings. The number of aromatic nitrogens is 2. The van der Waals surface area contributed by atoms with Crippen LogP contribution in [0.4, 0.5) is 11.8 Å². The number of rotatable bonds is 8. The molecule has 0 saturated carbocycles. The second kappa shape index (κ2) is 8.33. The van der Waals surface area contributed by atoms with Gasteiger partial charge in [0.15, 0.2) is 0 Å². The predicted molar refractivity (Wildman–Crippen MR) is 94.1 cm³/mol. The highest BCUT2D eigenvalue weighted by molar-refractivity contribution is 5.44. The molecular formula is C17H25N5O. The summed E-state index contributed by atoms with van der Waals surface area (Å²) in [6.07, 6.45) is 0. The maximum atomic E-state index is 5.37. The number of para-hydroxylation sites is 1. The molecule has 1 aromatic carbocycles. The number of aryl methyl sites for hydroxylation is 1. The zero-order chi connectivity index (χ0) is 16.7. The Balaban J connectivity index is 2.00. The topological polar surface area (TPSA) is 62.3 Å². The molecule has 1 aromatic heterocycles. The lowest BCUT2D eigenvalue weighted by atomic mass is 10.2. The Morgan fingerprint density at radius 1 is 1.13 bits per heavy atom. The maximum Gasteiger partial charge on any atom is 0.224 e. The first-order valence-electron chi connectivity index (χ1n) is 7.68. The average Bonchev–Trinajstić information content (AvgIpc) is 2.52. The van der Waals surface area contributed by atoms with Gasteiger partial charge >= 0.3 is 0 Å². The molecule has 0 fully saturated rings. The van der Waals surface area contributed by atoms with Gasteiger partial charge in [-0.1, -0.05) is 18.2 Å². The van der Waals surface area contributed by atoms with E-state index in [0.29, 0.717) is 12.5 Å². The molecule has 2 rings (SSSR count). The van der Waals surface area contributed by atoms with Crippen LogP contribution in [0.25, 0.3) is 0 Å². The molecule has 2 aromatic rings. The van der Waals surface area contributed by atoms with E-state index in [1.165, 1.54) is 0 Å². The van der Waals surface area contributed by atoms with Gasteiger partial charge in [-0.25, -0.2) is 4.98 Å². The minimum Gasteiger partial charge on any atom is -0.496 e. The van der Waals surface area contributed by atoms with Crippen LogP contribution in [-0.4, -0.2) is 49.2 Å². The van der Waals surface area contributed by atoms with Gasteiger partial charge in [0, 0.05) is 37.0 Å². The van der Waals surface area contributed by atoms with Crippen molar-refractivity contribution in [3.8, 4) is 5.75 Å². The minimum absolute atomic E-state index is 0.648. The van der Waals surface area contributed by atoms with E-state index in [-0.39, 0.29) is 0 Å². The van der Waals surface area contributed by atoms with Gasteiger partial charge in [-0.15, -0.1) is 0 Å². The van der Waals surface area contributed by atoms with Crippen LogP contribution in [0.3, 0.4) is 0 Å². The number of benzene rings is 1. The number of nitrogens with zero attached hydrogens (tertiary/aromatic N) is 3. The van der Waals surface area contributed by atoms with Crippen LogP contribution in [0.1, 0.15) is 11.3 Å². The Labute approximate surface area is 137 Å². The number of hydrogen-bond acceptors (Lipinski definition) is 6. The van der Waals surface area contributed by atoms with Gasteiger partial charge in [-0.2, -0.15) is 4.98 Å². The normalized spacial score (nSPS) is 10.7. The summed E-state index contributed by atoms with van der Waals surface area (Å²) in [5, 5.41) is 6.58. The molecule has 0 bridgehead atoms. The predicted octanol–water partition coefficient (Wildman–Crippen LogP) is 2.38. The van der Waals surface area contributed by atoms with E-state index in [0.717, 1.165) is 35.9 Å². The van der Waals surface area contributed by atoms with Gasteiger partial charge in [0.25, 0.3) is 0 Å². The summed E-state index contributed by atoms with van der Waals surface area (Å²) in [5.41, 5.74) is 2.02. The minimum atomic E-state index is 0.648. The summed E-state index contributed by atoms with van der Waals surface area (Å²) in [6.45, 7) is 4.36. The average molecular weight is 315 g/mol. The zero-order valence-electron chi connectivity index (χ0n) is 14.3. The van der Waals surface area contributed by atoms with Crippen molar-refractivity contribution in [1.29, 1.82) is 0 Å². The standard InChI is InChI=1S/C17H25N5O/c1-13-11-16(21-17(20-13)18-9-10-22(2)3)19-12-14-7-5-6-8-15(14)23-4/h5-8,11H,9-10,12H2,1-4H3,(H2,18,19,20,21). The highest BCUT2D eigenvalue weighted by Crippen LogP contribution is 2.19. The lowest BCUT2D eigenvalue weighted by molar-refractivity contribution is 0.410. The maximum absolute atomic E-state index is 5.37. The smallest absolute Gasteiger partial charge is 0.224 e. The number of methoxy groups -OCH3 is 1. The van der Waals surface area contributed by atoms with Crippen molar-refractivity contribution in [2.75, 3.05) is 44.9 Å². The van der Waals surface area contributed by atoms with Crippen molar-refractivity contribution in [2.45, 2.75) is 13.5 Å². The molecule has 0 atom stereocenters. The van der Waals surface area contributed by atoms with E-state index in [9.17, 15) is 0 Å². The molecule has 0 unspecified atom stereocenters. The summed E-state index contributed by atoms with van der Waals surface area (Å²) >= 11 is 0. The summed E-state index contributed by atoms with van der Waals surface area (Å²) < 4.78 is 5.37. The fourth-order valence-corrected chi connectivity index (χ4v) is 2.16. The van der Waals surface area contributed by atoms with E-state index in [4.69, 9.17) is 4.74 Å². The van der Waals surface area contributed by atoms with Gasteiger partial charge < -0.3 is 20.3 Å². The van der Waals surface area contributed by atoms with Crippen molar-refractivity contribution >= 4 is 11.8 Å². The van der Waals surface area contributed by atoms with Crippen LogP contribution in [0.15, 0.2) is 30.3 Å². The monoisotopic (exact) mass is 315 g/mol. The molecule has 6 heteroatoms. The second-order valence-corrected chi connectivity index (χ2v) is 5.61. The Hall–Kier alpha value is -2.34. The zero-order valence-corrected chi connectivity index (χ0v) is 14.3.